The molecular formula is C21H23NO6S. The fourth-order valence-corrected chi connectivity index (χ4v) is 3.86. The number of esters is 1. The molecule has 29 heavy (non-hydrogen) atoms. The number of anilines is 1. The van der Waals surface area contributed by atoms with E-state index in [9.17, 15) is 14.4 Å². The lowest BCUT2D eigenvalue weighted by molar-refractivity contribution is -0.147. The first kappa shape index (κ1) is 20.9. The summed E-state index contributed by atoms with van der Waals surface area (Å²) in [6.45, 7) is 4.53. The first-order valence-electron chi connectivity index (χ1n) is 9.38. The third-order valence-electron chi connectivity index (χ3n) is 4.29. The highest BCUT2D eigenvalue weighted by Crippen LogP contribution is 2.32. The van der Waals surface area contributed by atoms with Gasteiger partial charge in [-0.15, -0.1) is 11.3 Å². The highest BCUT2D eigenvalue weighted by molar-refractivity contribution is 7.12. The molecule has 1 aromatic carbocycles. The molecular weight excluding hydrogens is 394 g/mol. The summed E-state index contributed by atoms with van der Waals surface area (Å²) in [5.41, 5.74) is 1.17. The van der Waals surface area contributed by atoms with Gasteiger partial charge in [-0.1, -0.05) is 0 Å². The van der Waals surface area contributed by atoms with Crippen LogP contribution in [0, 0.1) is 13.8 Å². The van der Waals surface area contributed by atoms with Crippen LogP contribution in [0.25, 0.3) is 0 Å². The number of carbonyl (C=O) groups is 3. The van der Waals surface area contributed by atoms with Gasteiger partial charge in [-0.3, -0.25) is 14.4 Å². The molecule has 0 aliphatic carbocycles. The van der Waals surface area contributed by atoms with Crippen LogP contribution in [-0.4, -0.2) is 37.5 Å². The van der Waals surface area contributed by atoms with E-state index in [2.05, 4.69) is 5.32 Å². The minimum atomic E-state index is -0.586. The average Bonchev–Trinajstić information content (AvgIpc) is 2.89. The van der Waals surface area contributed by atoms with E-state index in [1.54, 1.807) is 29.5 Å². The Morgan fingerprint density at radius 1 is 1.07 bits per heavy atom. The summed E-state index contributed by atoms with van der Waals surface area (Å²) in [6.07, 6.45) is 0.782. The molecule has 2 heterocycles. The highest BCUT2D eigenvalue weighted by atomic mass is 32.1. The predicted molar refractivity (Wildman–Crippen MR) is 109 cm³/mol. The van der Waals surface area contributed by atoms with Gasteiger partial charge in [0.2, 0.25) is 0 Å². The van der Waals surface area contributed by atoms with Crippen molar-refractivity contribution in [2.75, 3.05) is 25.1 Å². The molecule has 0 saturated heterocycles. The normalized spacial score (nSPS) is 12.8. The molecule has 0 bridgehead atoms. The van der Waals surface area contributed by atoms with Crippen LogP contribution in [0.2, 0.25) is 0 Å². The van der Waals surface area contributed by atoms with Crippen molar-refractivity contribution in [2.45, 2.75) is 33.1 Å². The van der Waals surface area contributed by atoms with Crippen LogP contribution in [0.4, 0.5) is 5.69 Å². The summed E-state index contributed by atoms with van der Waals surface area (Å²) in [6, 6.07) is 6.92. The van der Waals surface area contributed by atoms with Crippen molar-refractivity contribution in [1.29, 1.82) is 0 Å². The van der Waals surface area contributed by atoms with E-state index in [-0.39, 0.29) is 18.6 Å². The molecule has 3 rings (SSSR count). The van der Waals surface area contributed by atoms with Gasteiger partial charge in [0.05, 0.1) is 19.6 Å². The van der Waals surface area contributed by atoms with Gasteiger partial charge < -0.3 is 19.5 Å². The van der Waals surface area contributed by atoms with Crippen molar-refractivity contribution in [3.63, 3.8) is 0 Å². The average molecular weight is 417 g/mol. The summed E-state index contributed by atoms with van der Waals surface area (Å²) >= 11 is 1.55. The van der Waals surface area contributed by atoms with E-state index in [0.717, 1.165) is 16.2 Å². The second-order valence-electron chi connectivity index (χ2n) is 6.67. The maximum absolute atomic E-state index is 12.2. The number of rotatable bonds is 7. The molecule has 8 heteroatoms. The number of ether oxygens (including phenoxy) is 3. The van der Waals surface area contributed by atoms with E-state index < -0.39 is 18.5 Å². The van der Waals surface area contributed by atoms with Crippen molar-refractivity contribution in [1.82, 2.24) is 0 Å². The Morgan fingerprint density at radius 3 is 2.55 bits per heavy atom. The summed E-state index contributed by atoms with van der Waals surface area (Å²) < 4.78 is 16.1. The zero-order valence-corrected chi connectivity index (χ0v) is 17.2. The van der Waals surface area contributed by atoms with Crippen LogP contribution in [0.5, 0.6) is 11.5 Å². The molecule has 1 amide bonds. The monoisotopic (exact) mass is 417 g/mol. The second-order valence-corrected chi connectivity index (χ2v) is 8.13. The van der Waals surface area contributed by atoms with E-state index in [1.165, 1.54) is 0 Å². The Morgan fingerprint density at radius 2 is 1.83 bits per heavy atom. The van der Waals surface area contributed by atoms with E-state index in [0.29, 0.717) is 36.0 Å². The lowest BCUT2D eigenvalue weighted by Gasteiger charge is -2.10. The molecule has 0 unspecified atom stereocenters. The quantitative estimate of drug-likeness (QED) is 0.546. The third kappa shape index (κ3) is 5.80. The van der Waals surface area contributed by atoms with Crippen LogP contribution in [0.3, 0.4) is 0 Å². The molecule has 7 nitrogen and oxygen atoms in total. The zero-order chi connectivity index (χ0) is 20.8. The van der Waals surface area contributed by atoms with Crippen LogP contribution in [-0.2, 0) is 14.3 Å². The van der Waals surface area contributed by atoms with Gasteiger partial charge in [0.25, 0.3) is 5.91 Å². The number of ketones is 1. The van der Waals surface area contributed by atoms with E-state index >= 15 is 0 Å². The first-order chi connectivity index (χ1) is 13.9. The number of amides is 1. The fraction of sp³-hybridized carbons (Fsp3) is 0.381. The molecule has 0 atom stereocenters. The number of hydrogen-bond acceptors (Lipinski definition) is 7. The molecule has 1 aliphatic heterocycles. The first-order valence-corrected chi connectivity index (χ1v) is 10.2. The summed E-state index contributed by atoms with van der Waals surface area (Å²) in [5, 5.41) is 2.65. The zero-order valence-electron chi connectivity index (χ0n) is 16.4. The number of Topliss-reactive ketones (excluding diaryl/α,β-unsaturated/α-hetero) is 1. The number of fused-ring (bicyclic) bond motifs is 1. The number of hydrogen-bond donors (Lipinski definition) is 1. The van der Waals surface area contributed by atoms with Crippen molar-refractivity contribution >= 4 is 34.7 Å². The number of aryl methyl sites for hydroxylation is 2. The largest absolute Gasteiger partial charge is 0.490 e. The highest BCUT2D eigenvalue weighted by Gasteiger charge is 2.16. The van der Waals surface area contributed by atoms with Crippen LogP contribution < -0.4 is 14.8 Å². The van der Waals surface area contributed by atoms with Crippen molar-refractivity contribution < 1.29 is 28.6 Å². The summed E-state index contributed by atoms with van der Waals surface area (Å²) in [4.78, 5) is 38.1. The SMILES string of the molecule is Cc1cc(C(=O)CCC(=O)OCC(=O)Nc2ccc3c(c2)OCCCO3)c(C)s1. The molecule has 154 valence electrons. The molecule has 1 aromatic heterocycles. The minimum Gasteiger partial charge on any atom is -0.490 e. The fourth-order valence-electron chi connectivity index (χ4n) is 2.91. The van der Waals surface area contributed by atoms with Gasteiger partial charge in [0.1, 0.15) is 0 Å². The van der Waals surface area contributed by atoms with Crippen LogP contribution >= 0.6 is 11.3 Å². The van der Waals surface area contributed by atoms with Crippen LogP contribution in [0.15, 0.2) is 24.3 Å². The topological polar surface area (TPSA) is 90.9 Å². The third-order valence-corrected chi connectivity index (χ3v) is 5.26. The Balaban J connectivity index is 1.43. The van der Waals surface area contributed by atoms with E-state index in [4.69, 9.17) is 14.2 Å². The Labute approximate surface area is 173 Å². The molecule has 0 saturated carbocycles. The van der Waals surface area contributed by atoms with Gasteiger partial charge in [-0.25, -0.2) is 0 Å². The van der Waals surface area contributed by atoms with Gasteiger partial charge in [0, 0.05) is 39.9 Å². The van der Waals surface area contributed by atoms with Gasteiger partial charge >= 0.3 is 5.97 Å². The maximum atomic E-state index is 12.2. The minimum absolute atomic E-state index is 0.0552. The van der Waals surface area contributed by atoms with Crippen molar-refractivity contribution in [2.24, 2.45) is 0 Å². The lowest BCUT2D eigenvalue weighted by Crippen LogP contribution is -2.21. The maximum Gasteiger partial charge on any atom is 0.306 e. The Hall–Kier alpha value is -2.87. The second kappa shape index (κ2) is 9.56. The standard InChI is InChI=1S/C21H23NO6S/c1-13-10-16(14(2)29-13)17(23)5-7-21(25)28-12-20(24)22-15-4-6-18-19(11-15)27-9-3-8-26-18/h4,6,10-11H,3,5,7-9,12H2,1-2H3,(H,22,24). The lowest BCUT2D eigenvalue weighted by atomic mass is 10.1. The molecule has 0 spiro atoms. The van der Waals surface area contributed by atoms with Gasteiger partial charge in [0.15, 0.2) is 23.9 Å². The smallest absolute Gasteiger partial charge is 0.306 e. The number of benzene rings is 1. The molecule has 0 fully saturated rings. The molecule has 2 aromatic rings. The molecule has 1 aliphatic rings. The van der Waals surface area contributed by atoms with Crippen molar-refractivity contribution in [3.05, 3.63) is 39.6 Å². The predicted octanol–water partition coefficient (Wildman–Crippen LogP) is 3.67. The summed E-state index contributed by atoms with van der Waals surface area (Å²) in [7, 11) is 0. The van der Waals surface area contributed by atoms with Gasteiger partial charge in [-0.05, 0) is 32.0 Å². The van der Waals surface area contributed by atoms with E-state index in [1.807, 2.05) is 19.9 Å². The van der Waals surface area contributed by atoms with Crippen molar-refractivity contribution in [3.8, 4) is 11.5 Å². The number of carbonyl (C=O) groups excluding carboxylic acids is 3. The number of nitrogens with one attached hydrogen (secondary N) is 1. The molecule has 1 N–H and O–H groups in total. The summed E-state index contributed by atoms with van der Waals surface area (Å²) in [5.74, 6) is 0.0445. The van der Waals surface area contributed by atoms with Gasteiger partial charge in [-0.2, -0.15) is 0 Å². The Kier molecular flexibility index (Phi) is 6.87. The Bertz CT molecular complexity index is 920. The molecule has 0 radical (unpaired) electrons. The van der Waals surface area contributed by atoms with Crippen LogP contribution in [0.1, 0.15) is 39.4 Å². The number of thiophene rings is 1.